The molecule has 0 fully saturated rings. The van der Waals surface area contributed by atoms with Gasteiger partial charge in [-0.05, 0) is 25.8 Å². The summed E-state index contributed by atoms with van der Waals surface area (Å²) in [6, 6.07) is 10.8. The van der Waals surface area contributed by atoms with Crippen molar-refractivity contribution in [3.63, 3.8) is 0 Å². The Morgan fingerprint density at radius 2 is 1.52 bits per heavy atom. The van der Waals surface area contributed by atoms with E-state index >= 15 is 0 Å². The zero-order valence-electron chi connectivity index (χ0n) is 12.4. The van der Waals surface area contributed by atoms with Crippen LogP contribution >= 0.6 is 0 Å². The molecule has 112 valence electrons. The first-order chi connectivity index (χ1) is 10.3. The molecular formula is C15H20N4O2. The number of hydrogen-bond donors (Lipinski definition) is 1. The van der Waals surface area contributed by atoms with Crippen LogP contribution in [0, 0.1) is 0 Å². The van der Waals surface area contributed by atoms with Crippen LogP contribution in [0.25, 0.3) is 0 Å². The third-order valence-electron chi connectivity index (χ3n) is 2.68. The summed E-state index contributed by atoms with van der Waals surface area (Å²) in [4.78, 5) is 12.5. The van der Waals surface area contributed by atoms with Crippen LogP contribution in [0.3, 0.4) is 0 Å². The predicted molar refractivity (Wildman–Crippen MR) is 80.8 cm³/mol. The maximum absolute atomic E-state index is 5.32. The zero-order chi connectivity index (χ0) is 14.9. The minimum atomic E-state index is 0.276. The van der Waals surface area contributed by atoms with Gasteiger partial charge in [-0.2, -0.15) is 9.97 Å². The molecule has 2 aromatic rings. The molecule has 1 aromatic heterocycles. The van der Waals surface area contributed by atoms with E-state index < -0.39 is 0 Å². The SMILES string of the molecule is CCOc1nc(NCCc2ccccc2)nc(OCC)n1. The Hall–Kier alpha value is -2.37. The Balaban J connectivity index is 1.97. The van der Waals surface area contributed by atoms with Crippen LogP contribution in [0.5, 0.6) is 12.0 Å². The summed E-state index contributed by atoms with van der Waals surface area (Å²) in [6.45, 7) is 5.49. The Labute approximate surface area is 124 Å². The molecule has 0 aliphatic carbocycles. The van der Waals surface area contributed by atoms with E-state index in [-0.39, 0.29) is 12.0 Å². The largest absolute Gasteiger partial charge is 0.464 e. The van der Waals surface area contributed by atoms with Crippen molar-refractivity contribution in [3.8, 4) is 12.0 Å². The number of ether oxygens (including phenoxy) is 2. The van der Waals surface area contributed by atoms with Gasteiger partial charge in [0.15, 0.2) is 0 Å². The van der Waals surface area contributed by atoms with Gasteiger partial charge in [0.05, 0.1) is 13.2 Å². The molecule has 6 heteroatoms. The maximum Gasteiger partial charge on any atom is 0.324 e. The van der Waals surface area contributed by atoms with Crippen molar-refractivity contribution in [2.75, 3.05) is 25.1 Å². The fourth-order valence-corrected chi connectivity index (χ4v) is 1.77. The quantitative estimate of drug-likeness (QED) is 0.804. The van der Waals surface area contributed by atoms with Crippen molar-refractivity contribution >= 4 is 5.95 Å². The Bertz CT molecular complexity index is 524. The molecule has 0 aliphatic rings. The lowest BCUT2D eigenvalue weighted by molar-refractivity contribution is 0.280. The van der Waals surface area contributed by atoms with Gasteiger partial charge in [0.2, 0.25) is 5.95 Å². The number of nitrogens with zero attached hydrogens (tertiary/aromatic N) is 3. The summed E-state index contributed by atoms with van der Waals surface area (Å²) in [5.41, 5.74) is 1.26. The highest BCUT2D eigenvalue weighted by Crippen LogP contribution is 2.13. The van der Waals surface area contributed by atoms with Crippen LogP contribution in [0.2, 0.25) is 0 Å². The Morgan fingerprint density at radius 3 is 2.10 bits per heavy atom. The summed E-state index contributed by atoms with van der Waals surface area (Å²) >= 11 is 0. The minimum absolute atomic E-state index is 0.276. The van der Waals surface area contributed by atoms with Gasteiger partial charge < -0.3 is 14.8 Å². The van der Waals surface area contributed by atoms with E-state index in [0.717, 1.165) is 13.0 Å². The number of hydrogen-bond acceptors (Lipinski definition) is 6. The van der Waals surface area contributed by atoms with Gasteiger partial charge >= 0.3 is 12.0 Å². The van der Waals surface area contributed by atoms with Crippen LogP contribution < -0.4 is 14.8 Å². The second-order valence-electron chi connectivity index (χ2n) is 4.25. The second-order valence-corrected chi connectivity index (χ2v) is 4.25. The third kappa shape index (κ3) is 4.91. The van der Waals surface area contributed by atoms with Gasteiger partial charge in [0.1, 0.15) is 0 Å². The minimum Gasteiger partial charge on any atom is -0.464 e. The van der Waals surface area contributed by atoms with Crippen molar-refractivity contribution in [1.29, 1.82) is 0 Å². The molecule has 0 unspecified atom stereocenters. The number of rotatable bonds is 8. The standard InChI is InChI=1S/C15H20N4O2/c1-3-20-14-17-13(18-15(19-14)21-4-2)16-11-10-12-8-6-5-7-9-12/h5-9H,3-4,10-11H2,1-2H3,(H,16,17,18,19). The summed E-state index contributed by atoms with van der Waals surface area (Å²) in [5.74, 6) is 0.466. The normalized spacial score (nSPS) is 10.2. The lowest BCUT2D eigenvalue weighted by Crippen LogP contribution is -2.11. The maximum atomic E-state index is 5.32. The smallest absolute Gasteiger partial charge is 0.324 e. The second kappa shape index (κ2) is 8.04. The van der Waals surface area contributed by atoms with E-state index in [9.17, 15) is 0 Å². The van der Waals surface area contributed by atoms with E-state index in [1.54, 1.807) is 0 Å². The molecular weight excluding hydrogens is 268 g/mol. The highest BCUT2D eigenvalue weighted by Gasteiger charge is 2.07. The molecule has 1 N–H and O–H groups in total. The fourth-order valence-electron chi connectivity index (χ4n) is 1.77. The van der Waals surface area contributed by atoms with Crippen LogP contribution in [-0.2, 0) is 6.42 Å². The summed E-state index contributed by atoms with van der Waals surface area (Å²) < 4.78 is 10.6. The molecule has 0 aliphatic heterocycles. The van der Waals surface area contributed by atoms with E-state index in [4.69, 9.17) is 9.47 Å². The molecule has 0 bridgehead atoms. The Kier molecular flexibility index (Phi) is 5.75. The molecule has 2 rings (SSSR count). The average molecular weight is 288 g/mol. The van der Waals surface area contributed by atoms with Crippen molar-refractivity contribution in [2.24, 2.45) is 0 Å². The zero-order valence-corrected chi connectivity index (χ0v) is 12.4. The van der Waals surface area contributed by atoms with Gasteiger partial charge in [0, 0.05) is 6.54 Å². The Morgan fingerprint density at radius 1 is 0.905 bits per heavy atom. The molecule has 0 saturated heterocycles. The van der Waals surface area contributed by atoms with E-state index in [1.165, 1.54) is 5.56 Å². The van der Waals surface area contributed by atoms with Gasteiger partial charge in [0.25, 0.3) is 0 Å². The molecule has 0 radical (unpaired) electrons. The van der Waals surface area contributed by atoms with Crippen LogP contribution in [0.15, 0.2) is 30.3 Å². The summed E-state index contributed by atoms with van der Waals surface area (Å²) in [7, 11) is 0. The summed E-state index contributed by atoms with van der Waals surface area (Å²) in [5, 5.41) is 3.17. The lowest BCUT2D eigenvalue weighted by Gasteiger charge is -2.09. The molecule has 21 heavy (non-hydrogen) atoms. The topological polar surface area (TPSA) is 69.2 Å². The highest BCUT2D eigenvalue weighted by atomic mass is 16.5. The van der Waals surface area contributed by atoms with Crippen LogP contribution in [0.1, 0.15) is 19.4 Å². The molecule has 0 saturated carbocycles. The van der Waals surface area contributed by atoms with Gasteiger partial charge in [-0.15, -0.1) is 4.98 Å². The first kappa shape index (κ1) is 15.0. The summed E-state index contributed by atoms with van der Waals surface area (Å²) in [6.07, 6.45) is 0.889. The van der Waals surface area contributed by atoms with E-state index in [2.05, 4.69) is 32.4 Å². The van der Waals surface area contributed by atoms with Gasteiger partial charge in [-0.1, -0.05) is 30.3 Å². The van der Waals surface area contributed by atoms with Crippen LogP contribution in [-0.4, -0.2) is 34.7 Å². The van der Waals surface area contributed by atoms with Crippen LogP contribution in [0.4, 0.5) is 5.95 Å². The molecule has 0 spiro atoms. The van der Waals surface area contributed by atoms with E-state index in [0.29, 0.717) is 19.2 Å². The lowest BCUT2D eigenvalue weighted by atomic mass is 10.1. The van der Waals surface area contributed by atoms with Gasteiger partial charge in [-0.25, -0.2) is 0 Å². The predicted octanol–water partition coefficient (Wildman–Crippen LogP) is 2.32. The number of anilines is 1. The number of nitrogens with one attached hydrogen (secondary N) is 1. The first-order valence-corrected chi connectivity index (χ1v) is 7.11. The molecule has 6 nitrogen and oxygen atoms in total. The van der Waals surface area contributed by atoms with Crippen molar-refractivity contribution in [1.82, 2.24) is 15.0 Å². The van der Waals surface area contributed by atoms with Crippen molar-refractivity contribution in [2.45, 2.75) is 20.3 Å². The van der Waals surface area contributed by atoms with Crippen molar-refractivity contribution in [3.05, 3.63) is 35.9 Å². The van der Waals surface area contributed by atoms with Gasteiger partial charge in [-0.3, -0.25) is 0 Å². The highest BCUT2D eigenvalue weighted by molar-refractivity contribution is 5.28. The monoisotopic (exact) mass is 288 g/mol. The van der Waals surface area contributed by atoms with Crippen molar-refractivity contribution < 1.29 is 9.47 Å². The molecule has 1 heterocycles. The number of aromatic nitrogens is 3. The first-order valence-electron chi connectivity index (χ1n) is 7.11. The third-order valence-corrected chi connectivity index (χ3v) is 2.68. The molecule has 0 atom stereocenters. The van der Waals surface area contributed by atoms with E-state index in [1.807, 2.05) is 32.0 Å². The average Bonchev–Trinajstić information content (AvgIpc) is 2.49. The molecule has 1 aromatic carbocycles. The molecule has 0 amide bonds. The fraction of sp³-hybridized carbons (Fsp3) is 0.400. The number of benzene rings is 1.